The fraction of sp³-hybridized carbons (Fsp3) is 0. The lowest BCUT2D eigenvalue weighted by atomic mass is 10.2. The first-order valence-electron chi connectivity index (χ1n) is 3.82. The first-order chi connectivity index (χ1) is 7.24. The molecule has 1 aromatic carbocycles. The van der Waals surface area contributed by atoms with Gasteiger partial charge in [-0.3, -0.25) is 5.84 Å². The molecule has 8 nitrogen and oxygen atoms in total. The van der Waals surface area contributed by atoms with Crippen molar-refractivity contribution < 1.29 is 29.1 Å². The number of nitrogens with two attached hydrogens (primary N) is 1. The number of aromatic carboxylic acids is 1. The quantitative estimate of drug-likeness (QED) is 0.238. The van der Waals surface area contributed by atoms with Gasteiger partial charge in [0.15, 0.2) is 0 Å². The highest BCUT2D eigenvalue weighted by atomic mass is 31.2. The first-order valence-corrected chi connectivity index (χ1v) is 5.39. The molecule has 0 saturated heterocycles. The van der Waals surface area contributed by atoms with Crippen molar-refractivity contribution in [2.24, 2.45) is 5.84 Å². The topological polar surface area (TPSA) is 153 Å². The third-order valence-corrected chi connectivity index (χ3v) is 1.28. The maximum atomic E-state index is 10.4. The molecule has 0 atom stereocenters. The highest BCUT2D eigenvalue weighted by Gasteiger charge is 2.01. The summed E-state index contributed by atoms with van der Waals surface area (Å²) in [6, 6.07) is 6.27. The molecule has 1 aromatic rings. The molecule has 90 valence electrons. The van der Waals surface area contributed by atoms with Gasteiger partial charge in [0, 0.05) is 5.69 Å². The third kappa shape index (κ3) is 7.92. The van der Waals surface area contributed by atoms with Crippen molar-refractivity contribution in [1.29, 1.82) is 0 Å². The van der Waals surface area contributed by atoms with Crippen molar-refractivity contribution in [1.82, 2.24) is 0 Å². The van der Waals surface area contributed by atoms with Crippen molar-refractivity contribution in [3.05, 3.63) is 29.8 Å². The van der Waals surface area contributed by atoms with Crippen molar-refractivity contribution in [2.75, 3.05) is 5.43 Å². The summed E-state index contributed by atoms with van der Waals surface area (Å²) in [4.78, 5) is 32.0. The zero-order chi connectivity index (χ0) is 12.8. The molecule has 0 unspecified atom stereocenters. The molecule has 0 aliphatic carbocycles. The number of benzene rings is 1. The number of nitrogen functional groups attached to an aromatic ring is 1. The SMILES string of the molecule is NNc1cccc(C(=O)O)c1.O=P(O)(O)O. The number of rotatable bonds is 2. The molecule has 0 saturated carbocycles. The van der Waals surface area contributed by atoms with Crippen LogP contribution in [0, 0.1) is 0 Å². The summed E-state index contributed by atoms with van der Waals surface area (Å²) in [7, 11) is -4.64. The Hall–Kier alpha value is -1.44. The van der Waals surface area contributed by atoms with Crippen LogP contribution in [0.3, 0.4) is 0 Å². The second-order valence-electron chi connectivity index (χ2n) is 2.54. The van der Waals surface area contributed by atoms with Gasteiger partial charge in [-0.25, -0.2) is 9.36 Å². The highest BCUT2D eigenvalue weighted by Crippen LogP contribution is 2.25. The smallest absolute Gasteiger partial charge is 0.466 e. The van der Waals surface area contributed by atoms with E-state index >= 15 is 0 Å². The summed E-state index contributed by atoms with van der Waals surface area (Å²) in [5.74, 6) is 4.12. The molecule has 0 aliphatic rings. The molecule has 1 rings (SSSR count). The van der Waals surface area contributed by atoms with Crippen LogP contribution in [-0.4, -0.2) is 25.8 Å². The number of hydrazine groups is 1. The predicted molar refractivity (Wildman–Crippen MR) is 55.5 cm³/mol. The van der Waals surface area contributed by atoms with E-state index in [1.165, 1.54) is 12.1 Å². The van der Waals surface area contributed by atoms with E-state index in [1.54, 1.807) is 12.1 Å². The fourth-order valence-electron chi connectivity index (χ4n) is 0.742. The second kappa shape index (κ2) is 6.21. The van der Waals surface area contributed by atoms with E-state index in [0.717, 1.165) is 0 Å². The van der Waals surface area contributed by atoms with Crippen LogP contribution in [0.4, 0.5) is 5.69 Å². The Morgan fingerprint density at radius 2 is 1.81 bits per heavy atom. The lowest BCUT2D eigenvalue weighted by Crippen LogP contribution is -2.07. The average molecular weight is 250 g/mol. The Morgan fingerprint density at radius 3 is 2.19 bits per heavy atom. The van der Waals surface area contributed by atoms with E-state index in [-0.39, 0.29) is 5.56 Å². The molecule has 0 aliphatic heterocycles. The van der Waals surface area contributed by atoms with E-state index in [9.17, 15) is 4.79 Å². The maximum Gasteiger partial charge on any atom is 0.466 e. The van der Waals surface area contributed by atoms with Gasteiger partial charge in [-0.05, 0) is 18.2 Å². The summed E-state index contributed by atoms with van der Waals surface area (Å²) in [6.45, 7) is 0. The van der Waals surface area contributed by atoms with Gasteiger partial charge in [0.2, 0.25) is 0 Å². The summed E-state index contributed by atoms with van der Waals surface area (Å²) in [6.07, 6.45) is 0. The predicted octanol–water partition coefficient (Wildman–Crippen LogP) is -0.258. The van der Waals surface area contributed by atoms with Crippen LogP contribution < -0.4 is 11.3 Å². The van der Waals surface area contributed by atoms with Gasteiger partial charge in [-0.15, -0.1) is 0 Å². The summed E-state index contributed by atoms with van der Waals surface area (Å²) >= 11 is 0. The minimum Gasteiger partial charge on any atom is -0.478 e. The second-order valence-corrected chi connectivity index (χ2v) is 3.57. The van der Waals surface area contributed by atoms with E-state index < -0.39 is 13.8 Å². The van der Waals surface area contributed by atoms with Crippen LogP contribution >= 0.6 is 7.82 Å². The van der Waals surface area contributed by atoms with Crippen LogP contribution in [0.5, 0.6) is 0 Å². The fourth-order valence-corrected chi connectivity index (χ4v) is 0.742. The number of carboxylic acid groups (broad SMARTS) is 1. The zero-order valence-corrected chi connectivity index (χ0v) is 8.83. The lowest BCUT2D eigenvalue weighted by Gasteiger charge is -1.99. The van der Waals surface area contributed by atoms with Gasteiger partial charge < -0.3 is 25.2 Å². The number of nitrogens with one attached hydrogen (secondary N) is 1. The molecule has 0 heterocycles. The Morgan fingerprint density at radius 1 is 1.31 bits per heavy atom. The Labute approximate surface area is 90.6 Å². The number of hydrogen-bond donors (Lipinski definition) is 6. The standard InChI is InChI=1S/C7H8N2O2.H3O4P/c8-9-6-3-1-2-5(4-6)7(10)11;1-5(2,3)4/h1-4,9H,8H2,(H,10,11);(H3,1,2,3,4). The first kappa shape index (κ1) is 14.6. The van der Waals surface area contributed by atoms with Crippen molar-refractivity contribution >= 4 is 19.5 Å². The van der Waals surface area contributed by atoms with Gasteiger partial charge in [0.1, 0.15) is 0 Å². The van der Waals surface area contributed by atoms with Crippen LogP contribution in [0.1, 0.15) is 10.4 Å². The number of phosphoric acid groups is 1. The van der Waals surface area contributed by atoms with Crippen LogP contribution in [0.2, 0.25) is 0 Å². The number of hydrogen-bond acceptors (Lipinski definition) is 4. The largest absolute Gasteiger partial charge is 0.478 e. The van der Waals surface area contributed by atoms with Gasteiger partial charge in [0.25, 0.3) is 0 Å². The summed E-state index contributed by atoms with van der Waals surface area (Å²) in [5.41, 5.74) is 3.17. The number of carbonyl (C=O) groups is 1. The minimum absolute atomic E-state index is 0.223. The molecule has 16 heavy (non-hydrogen) atoms. The Balaban J connectivity index is 0.000000385. The van der Waals surface area contributed by atoms with E-state index in [0.29, 0.717) is 5.69 Å². The van der Waals surface area contributed by atoms with Gasteiger partial charge >= 0.3 is 13.8 Å². The highest BCUT2D eigenvalue weighted by molar-refractivity contribution is 7.45. The van der Waals surface area contributed by atoms with Crippen LogP contribution in [0.15, 0.2) is 24.3 Å². The third-order valence-electron chi connectivity index (χ3n) is 1.28. The van der Waals surface area contributed by atoms with Crippen molar-refractivity contribution in [3.63, 3.8) is 0 Å². The maximum absolute atomic E-state index is 10.4. The van der Waals surface area contributed by atoms with E-state index in [4.69, 9.17) is 30.2 Å². The Bertz CT molecular complexity index is 395. The Kier molecular flexibility index (Phi) is 5.65. The van der Waals surface area contributed by atoms with Crippen LogP contribution in [0.25, 0.3) is 0 Å². The molecule has 0 radical (unpaired) electrons. The van der Waals surface area contributed by atoms with Crippen molar-refractivity contribution in [2.45, 2.75) is 0 Å². The average Bonchev–Trinajstić information content (AvgIpc) is 2.15. The normalized spacial score (nSPS) is 10.0. The van der Waals surface area contributed by atoms with Crippen LogP contribution in [-0.2, 0) is 4.57 Å². The summed E-state index contributed by atoms with van der Waals surface area (Å²) < 4.78 is 8.88. The number of carboxylic acids is 1. The molecular weight excluding hydrogens is 239 g/mol. The van der Waals surface area contributed by atoms with Crippen molar-refractivity contribution in [3.8, 4) is 0 Å². The zero-order valence-electron chi connectivity index (χ0n) is 7.94. The molecule has 0 amide bonds. The monoisotopic (exact) mass is 250 g/mol. The molecular formula is C7H11N2O6P. The number of anilines is 1. The van der Waals surface area contributed by atoms with E-state index in [1.807, 2.05) is 0 Å². The molecule has 7 N–H and O–H groups in total. The molecule has 9 heteroatoms. The lowest BCUT2D eigenvalue weighted by molar-refractivity contribution is 0.0697. The van der Waals surface area contributed by atoms with Gasteiger partial charge in [0.05, 0.1) is 5.56 Å². The molecule has 0 aromatic heterocycles. The molecule has 0 fully saturated rings. The minimum atomic E-state index is -4.64. The van der Waals surface area contributed by atoms with Gasteiger partial charge in [-0.1, -0.05) is 6.07 Å². The molecule has 0 spiro atoms. The summed E-state index contributed by atoms with van der Waals surface area (Å²) in [5, 5.41) is 8.54. The van der Waals surface area contributed by atoms with E-state index in [2.05, 4.69) is 5.43 Å². The molecule has 0 bridgehead atoms. The van der Waals surface area contributed by atoms with Gasteiger partial charge in [-0.2, -0.15) is 0 Å².